The van der Waals surface area contributed by atoms with Crippen LogP contribution in [-0.2, 0) is 5.75 Å². The average molecular weight is 355 g/mol. The van der Waals surface area contributed by atoms with E-state index < -0.39 is 0 Å². The Kier molecular flexibility index (Phi) is 5.46. The van der Waals surface area contributed by atoms with Crippen molar-refractivity contribution in [3.05, 3.63) is 95.6 Å². The van der Waals surface area contributed by atoms with Gasteiger partial charge in [-0.25, -0.2) is 8.78 Å². The Morgan fingerprint density at radius 2 is 1.68 bits per heavy atom. The number of amides is 1. The van der Waals surface area contributed by atoms with Crippen molar-refractivity contribution < 1.29 is 13.6 Å². The highest BCUT2D eigenvalue weighted by Crippen LogP contribution is 2.26. The SMILES string of the molecule is O=C(Nc1cccc(SCc2ccccc2F)c1)c1ccc(F)cc1. The molecule has 0 aliphatic rings. The van der Waals surface area contributed by atoms with Crippen LogP contribution in [0, 0.1) is 11.6 Å². The summed E-state index contributed by atoms with van der Waals surface area (Å²) < 4.78 is 26.6. The number of benzene rings is 3. The minimum atomic E-state index is -0.386. The first-order valence-electron chi connectivity index (χ1n) is 7.65. The summed E-state index contributed by atoms with van der Waals surface area (Å²) in [4.78, 5) is 13.1. The third-order valence-corrected chi connectivity index (χ3v) is 4.59. The van der Waals surface area contributed by atoms with Crippen molar-refractivity contribution in [3.63, 3.8) is 0 Å². The van der Waals surface area contributed by atoms with Gasteiger partial charge in [0.2, 0.25) is 0 Å². The second-order valence-electron chi connectivity index (χ2n) is 5.37. The monoisotopic (exact) mass is 355 g/mol. The van der Waals surface area contributed by atoms with E-state index in [-0.39, 0.29) is 17.5 Å². The number of carbonyl (C=O) groups is 1. The molecule has 0 aliphatic carbocycles. The van der Waals surface area contributed by atoms with E-state index >= 15 is 0 Å². The summed E-state index contributed by atoms with van der Waals surface area (Å²) in [6, 6.07) is 19.3. The minimum Gasteiger partial charge on any atom is -0.322 e. The molecule has 1 N–H and O–H groups in total. The van der Waals surface area contributed by atoms with Crippen LogP contribution in [0.3, 0.4) is 0 Å². The molecule has 3 rings (SSSR count). The summed E-state index contributed by atoms with van der Waals surface area (Å²) >= 11 is 1.49. The van der Waals surface area contributed by atoms with Gasteiger partial charge in [-0.2, -0.15) is 0 Å². The molecule has 126 valence electrons. The normalized spacial score (nSPS) is 10.5. The van der Waals surface area contributed by atoms with Crippen molar-refractivity contribution in [1.82, 2.24) is 0 Å². The number of thioether (sulfide) groups is 1. The summed E-state index contributed by atoms with van der Waals surface area (Å²) in [7, 11) is 0. The topological polar surface area (TPSA) is 29.1 Å². The number of nitrogens with one attached hydrogen (secondary N) is 1. The van der Waals surface area contributed by atoms with Crippen LogP contribution in [0.5, 0.6) is 0 Å². The lowest BCUT2D eigenvalue weighted by Crippen LogP contribution is -2.11. The Labute approximate surface area is 148 Å². The van der Waals surface area contributed by atoms with Gasteiger partial charge in [0.05, 0.1) is 0 Å². The molecule has 0 saturated carbocycles. The fourth-order valence-corrected chi connectivity index (χ4v) is 3.19. The number of hydrogen-bond acceptors (Lipinski definition) is 2. The Bertz CT molecular complexity index is 881. The van der Waals surface area contributed by atoms with Crippen LogP contribution in [0.15, 0.2) is 77.7 Å². The van der Waals surface area contributed by atoms with Crippen LogP contribution >= 0.6 is 11.8 Å². The molecular formula is C20H15F2NOS. The molecule has 25 heavy (non-hydrogen) atoms. The lowest BCUT2D eigenvalue weighted by Gasteiger charge is -2.08. The number of rotatable bonds is 5. The van der Waals surface area contributed by atoms with Crippen LogP contribution < -0.4 is 5.32 Å². The Morgan fingerprint density at radius 3 is 2.44 bits per heavy atom. The maximum atomic E-state index is 13.7. The predicted octanol–water partition coefficient (Wildman–Crippen LogP) is 5.51. The third-order valence-electron chi connectivity index (χ3n) is 3.55. The third kappa shape index (κ3) is 4.67. The largest absolute Gasteiger partial charge is 0.322 e. The molecule has 3 aromatic carbocycles. The lowest BCUT2D eigenvalue weighted by molar-refractivity contribution is 0.102. The van der Waals surface area contributed by atoms with Crippen LogP contribution in [0.25, 0.3) is 0 Å². The van der Waals surface area contributed by atoms with Gasteiger partial charge in [0.25, 0.3) is 5.91 Å². The van der Waals surface area contributed by atoms with Gasteiger partial charge in [-0.05, 0) is 54.1 Å². The lowest BCUT2D eigenvalue weighted by atomic mass is 10.2. The summed E-state index contributed by atoms with van der Waals surface area (Å²) in [6.07, 6.45) is 0. The molecule has 0 atom stereocenters. The predicted molar refractivity (Wildman–Crippen MR) is 96.8 cm³/mol. The second kappa shape index (κ2) is 7.94. The molecule has 0 spiro atoms. The zero-order valence-corrected chi connectivity index (χ0v) is 14.0. The number of halogens is 2. The molecule has 0 bridgehead atoms. The van der Waals surface area contributed by atoms with E-state index in [1.165, 1.54) is 42.1 Å². The van der Waals surface area contributed by atoms with Crippen molar-refractivity contribution in [3.8, 4) is 0 Å². The van der Waals surface area contributed by atoms with Crippen LogP contribution in [-0.4, -0.2) is 5.91 Å². The van der Waals surface area contributed by atoms with Gasteiger partial charge in [0.1, 0.15) is 11.6 Å². The Hall–Kier alpha value is -2.66. The molecule has 0 saturated heterocycles. The maximum Gasteiger partial charge on any atom is 0.255 e. The first-order chi connectivity index (χ1) is 12.1. The fraction of sp³-hybridized carbons (Fsp3) is 0.0500. The number of hydrogen-bond donors (Lipinski definition) is 1. The molecule has 0 radical (unpaired) electrons. The smallest absolute Gasteiger partial charge is 0.255 e. The summed E-state index contributed by atoms with van der Waals surface area (Å²) in [6.45, 7) is 0. The van der Waals surface area contributed by atoms with E-state index in [2.05, 4.69) is 5.32 Å². The van der Waals surface area contributed by atoms with Gasteiger partial charge in [0, 0.05) is 21.9 Å². The number of carbonyl (C=O) groups excluding carboxylic acids is 1. The number of anilines is 1. The van der Waals surface area contributed by atoms with Gasteiger partial charge in [-0.15, -0.1) is 11.8 Å². The highest BCUT2D eigenvalue weighted by molar-refractivity contribution is 7.98. The van der Waals surface area contributed by atoms with E-state index in [0.717, 1.165) is 4.90 Å². The first-order valence-corrected chi connectivity index (χ1v) is 8.63. The van der Waals surface area contributed by atoms with E-state index in [0.29, 0.717) is 22.6 Å². The van der Waals surface area contributed by atoms with Crippen LogP contribution in [0.2, 0.25) is 0 Å². The van der Waals surface area contributed by atoms with Gasteiger partial charge in [0.15, 0.2) is 0 Å². The summed E-state index contributed by atoms with van der Waals surface area (Å²) in [5.41, 5.74) is 1.65. The molecule has 0 fully saturated rings. The van der Waals surface area contributed by atoms with Crippen LogP contribution in [0.4, 0.5) is 14.5 Å². The van der Waals surface area contributed by atoms with Gasteiger partial charge in [-0.3, -0.25) is 4.79 Å². The van der Waals surface area contributed by atoms with Gasteiger partial charge >= 0.3 is 0 Å². The van der Waals surface area contributed by atoms with Crippen LogP contribution in [0.1, 0.15) is 15.9 Å². The van der Waals surface area contributed by atoms with Crippen molar-refractivity contribution in [2.75, 3.05) is 5.32 Å². The molecule has 0 aliphatic heterocycles. The van der Waals surface area contributed by atoms with Crippen molar-refractivity contribution in [1.29, 1.82) is 0 Å². The molecule has 0 aromatic heterocycles. The standard InChI is InChI=1S/C20H15F2NOS/c21-16-10-8-14(9-11-16)20(24)23-17-5-3-6-18(12-17)25-13-15-4-1-2-7-19(15)22/h1-12H,13H2,(H,23,24). The van der Waals surface area contributed by atoms with Crippen molar-refractivity contribution in [2.45, 2.75) is 10.6 Å². The molecular weight excluding hydrogens is 340 g/mol. The highest BCUT2D eigenvalue weighted by Gasteiger charge is 2.07. The quantitative estimate of drug-likeness (QED) is 0.612. The second-order valence-corrected chi connectivity index (χ2v) is 6.42. The molecule has 3 aromatic rings. The van der Waals surface area contributed by atoms with E-state index in [1.807, 2.05) is 18.2 Å². The van der Waals surface area contributed by atoms with Crippen molar-refractivity contribution >= 4 is 23.4 Å². The maximum absolute atomic E-state index is 13.7. The zero-order chi connectivity index (χ0) is 17.6. The molecule has 5 heteroatoms. The summed E-state index contributed by atoms with van der Waals surface area (Å²) in [5, 5.41) is 2.78. The average Bonchev–Trinajstić information content (AvgIpc) is 2.62. The Balaban J connectivity index is 1.66. The van der Waals surface area contributed by atoms with Crippen molar-refractivity contribution in [2.24, 2.45) is 0 Å². The molecule has 1 amide bonds. The zero-order valence-electron chi connectivity index (χ0n) is 13.2. The molecule has 0 unspecified atom stereocenters. The van der Waals surface area contributed by atoms with Gasteiger partial charge < -0.3 is 5.32 Å². The highest BCUT2D eigenvalue weighted by atomic mass is 32.2. The first kappa shape index (κ1) is 17.2. The van der Waals surface area contributed by atoms with E-state index in [1.54, 1.807) is 24.3 Å². The molecule has 2 nitrogen and oxygen atoms in total. The summed E-state index contributed by atoms with van der Waals surface area (Å²) in [5.74, 6) is -0.419. The minimum absolute atomic E-state index is 0.226. The van der Waals surface area contributed by atoms with E-state index in [9.17, 15) is 13.6 Å². The fourth-order valence-electron chi connectivity index (χ4n) is 2.24. The Morgan fingerprint density at radius 1 is 0.920 bits per heavy atom. The van der Waals surface area contributed by atoms with E-state index in [4.69, 9.17) is 0 Å². The van der Waals surface area contributed by atoms with Gasteiger partial charge in [-0.1, -0.05) is 24.3 Å². The molecule has 0 heterocycles.